The fraction of sp³-hybridized carbons (Fsp3) is 0.619. The summed E-state index contributed by atoms with van der Waals surface area (Å²) in [6, 6.07) is 7.39. The van der Waals surface area contributed by atoms with E-state index in [0.29, 0.717) is 37.5 Å². The number of amides is 2. The van der Waals surface area contributed by atoms with E-state index < -0.39 is 5.72 Å². The minimum atomic E-state index is -0.653. The van der Waals surface area contributed by atoms with Crippen molar-refractivity contribution in [3.8, 4) is 5.75 Å². The Morgan fingerprint density at radius 2 is 2.22 bits per heavy atom. The summed E-state index contributed by atoms with van der Waals surface area (Å²) in [7, 11) is 0. The van der Waals surface area contributed by atoms with Gasteiger partial charge in [-0.25, -0.2) is 0 Å². The second-order valence-corrected chi connectivity index (χ2v) is 7.86. The predicted molar refractivity (Wildman–Crippen MR) is 100 cm³/mol. The molecule has 0 radical (unpaired) electrons. The molecular weight excluding hydrogens is 344 g/mol. The molecule has 5 rings (SSSR count). The Bertz CT molecular complexity index is 722. The summed E-state index contributed by atoms with van der Waals surface area (Å²) in [5.74, 6) is 1.15. The molecular formula is C21H28N2O4. The molecule has 6 heteroatoms. The highest BCUT2D eigenvalue weighted by Crippen LogP contribution is 2.52. The third-order valence-electron chi connectivity index (χ3n) is 6.27. The number of fused-ring (bicyclic) bond motifs is 3. The molecule has 2 amide bonds. The van der Waals surface area contributed by atoms with Crippen molar-refractivity contribution in [3.05, 3.63) is 29.8 Å². The van der Waals surface area contributed by atoms with Gasteiger partial charge in [0.2, 0.25) is 5.91 Å². The first kappa shape index (κ1) is 18.3. The molecule has 1 aliphatic heterocycles. The zero-order valence-corrected chi connectivity index (χ0v) is 15.8. The predicted octanol–water partition coefficient (Wildman–Crippen LogP) is 2.48. The highest BCUT2D eigenvalue weighted by Gasteiger charge is 2.57. The minimum Gasteiger partial charge on any atom is -0.467 e. The maximum Gasteiger partial charge on any atom is 0.258 e. The summed E-state index contributed by atoms with van der Waals surface area (Å²) in [4.78, 5) is 25.3. The highest BCUT2D eigenvalue weighted by molar-refractivity contribution is 5.98. The van der Waals surface area contributed by atoms with E-state index in [1.54, 1.807) is 6.07 Å². The number of rotatable bonds is 6. The van der Waals surface area contributed by atoms with Gasteiger partial charge >= 0.3 is 0 Å². The number of nitrogens with one attached hydrogen (secondary N) is 2. The summed E-state index contributed by atoms with van der Waals surface area (Å²) >= 11 is 0. The number of carbonyl (C=O) groups is 2. The van der Waals surface area contributed by atoms with Gasteiger partial charge in [-0.15, -0.1) is 0 Å². The fourth-order valence-electron chi connectivity index (χ4n) is 4.94. The molecule has 27 heavy (non-hydrogen) atoms. The SMILES string of the molecule is CCOCCCNC(=O)[C@@H]1C[C@H]2CC[C@@H]1C[C@@]21NC(=O)c2ccccc2O1. The normalized spacial score (nSPS) is 31.1. The summed E-state index contributed by atoms with van der Waals surface area (Å²) in [6.45, 7) is 4.00. The first-order valence-electron chi connectivity index (χ1n) is 10.1. The zero-order valence-electron chi connectivity index (χ0n) is 15.8. The van der Waals surface area contributed by atoms with Crippen LogP contribution in [0.5, 0.6) is 5.75 Å². The number of carbonyl (C=O) groups excluding carboxylic acids is 2. The molecule has 2 N–H and O–H groups in total. The number of hydrogen-bond acceptors (Lipinski definition) is 4. The van der Waals surface area contributed by atoms with Gasteiger partial charge in [0.15, 0.2) is 5.72 Å². The van der Waals surface area contributed by atoms with Gasteiger partial charge in [-0.1, -0.05) is 12.1 Å². The summed E-state index contributed by atoms with van der Waals surface area (Å²) < 4.78 is 11.7. The molecule has 4 aliphatic rings. The molecule has 1 aromatic carbocycles. The molecule has 146 valence electrons. The number of hydrogen-bond donors (Lipinski definition) is 2. The first-order valence-corrected chi connectivity index (χ1v) is 10.1. The first-order chi connectivity index (χ1) is 13.1. The van der Waals surface area contributed by atoms with E-state index in [0.717, 1.165) is 25.7 Å². The van der Waals surface area contributed by atoms with Crippen molar-refractivity contribution in [1.29, 1.82) is 0 Å². The molecule has 0 unspecified atom stereocenters. The van der Waals surface area contributed by atoms with Crippen LogP contribution in [0.4, 0.5) is 0 Å². The van der Waals surface area contributed by atoms with Crippen LogP contribution in [-0.2, 0) is 9.53 Å². The fourth-order valence-corrected chi connectivity index (χ4v) is 4.94. The topological polar surface area (TPSA) is 76.7 Å². The lowest BCUT2D eigenvalue weighted by molar-refractivity contribution is -0.146. The van der Waals surface area contributed by atoms with Gasteiger partial charge in [0.05, 0.1) is 5.56 Å². The molecule has 0 saturated heterocycles. The van der Waals surface area contributed by atoms with Crippen LogP contribution in [0.3, 0.4) is 0 Å². The standard InChI is InChI=1S/C21H28N2O4/c1-2-26-11-5-10-22-19(24)17-12-15-9-8-14(17)13-21(15)23-20(25)16-6-3-4-7-18(16)27-21/h3-4,6-7,14-15,17H,2,5,8-13H2,1H3,(H,22,24)(H,23,25)/t14-,15-,17-,21+/m1/s1. The Morgan fingerprint density at radius 1 is 1.37 bits per heavy atom. The van der Waals surface area contributed by atoms with E-state index in [1.807, 2.05) is 25.1 Å². The highest BCUT2D eigenvalue weighted by atomic mass is 16.5. The molecule has 1 heterocycles. The zero-order chi connectivity index (χ0) is 18.9. The smallest absolute Gasteiger partial charge is 0.258 e. The third-order valence-corrected chi connectivity index (χ3v) is 6.27. The molecule has 1 aromatic rings. The molecule has 0 aromatic heterocycles. The maximum atomic E-state index is 12.7. The average Bonchev–Trinajstić information content (AvgIpc) is 2.68. The number of ether oxygens (including phenoxy) is 2. The van der Waals surface area contributed by atoms with Gasteiger partial charge in [0.25, 0.3) is 5.91 Å². The van der Waals surface area contributed by atoms with Crippen LogP contribution in [0.2, 0.25) is 0 Å². The largest absolute Gasteiger partial charge is 0.467 e. The van der Waals surface area contributed by atoms with E-state index in [9.17, 15) is 9.59 Å². The van der Waals surface area contributed by atoms with Crippen LogP contribution >= 0.6 is 0 Å². The molecule has 4 atom stereocenters. The maximum absolute atomic E-state index is 12.7. The monoisotopic (exact) mass is 372 g/mol. The molecule has 3 saturated carbocycles. The second kappa shape index (κ2) is 7.50. The summed E-state index contributed by atoms with van der Waals surface area (Å²) in [5, 5.41) is 6.20. The summed E-state index contributed by atoms with van der Waals surface area (Å²) in [5.41, 5.74) is -0.0618. The Kier molecular flexibility index (Phi) is 5.08. The van der Waals surface area contributed by atoms with Crippen molar-refractivity contribution in [2.45, 2.75) is 44.8 Å². The van der Waals surface area contributed by atoms with Crippen molar-refractivity contribution < 1.29 is 19.1 Å². The van der Waals surface area contributed by atoms with Crippen LogP contribution in [0, 0.1) is 17.8 Å². The number of benzene rings is 1. The van der Waals surface area contributed by atoms with Crippen LogP contribution in [0.1, 0.15) is 49.4 Å². The van der Waals surface area contributed by atoms with Gasteiger partial charge < -0.3 is 20.1 Å². The van der Waals surface area contributed by atoms with Crippen LogP contribution < -0.4 is 15.4 Å². The third kappa shape index (κ3) is 3.43. The molecule has 2 bridgehead atoms. The molecule has 1 spiro atoms. The Labute approximate surface area is 160 Å². The second-order valence-electron chi connectivity index (χ2n) is 7.86. The van der Waals surface area contributed by atoms with Crippen molar-refractivity contribution in [2.75, 3.05) is 19.8 Å². The Balaban J connectivity index is 1.41. The molecule has 6 nitrogen and oxygen atoms in total. The van der Waals surface area contributed by atoms with Crippen molar-refractivity contribution in [2.24, 2.45) is 17.8 Å². The van der Waals surface area contributed by atoms with E-state index in [4.69, 9.17) is 9.47 Å². The van der Waals surface area contributed by atoms with Crippen LogP contribution in [0.15, 0.2) is 24.3 Å². The van der Waals surface area contributed by atoms with Gasteiger partial charge in [-0.2, -0.15) is 0 Å². The Morgan fingerprint density at radius 3 is 3.00 bits per heavy atom. The van der Waals surface area contributed by atoms with E-state index in [1.165, 1.54) is 0 Å². The quantitative estimate of drug-likeness (QED) is 0.752. The molecule has 3 aliphatic carbocycles. The van der Waals surface area contributed by atoms with Crippen LogP contribution in [0.25, 0.3) is 0 Å². The minimum absolute atomic E-state index is 0.0131. The van der Waals surface area contributed by atoms with Gasteiger partial charge in [-0.05, 0) is 50.7 Å². The summed E-state index contributed by atoms with van der Waals surface area (Å²) in [6.07, 6.45) is 4.31. The lowest BCUT2D eigenvalue weighted by atomic mass is 9.60. The average molecular weight is 372 g/mol. The lowest BCUT2D eigenvalue weighted by Crippen LogP contribution is -2.66. The van der Waals surface area contributed by atoms with Crippen LogP contribution in [-0.4, -0.2) is 37.3 Å². The number of para-hydroxylation sites is 1. The van der Waals surface area contributed by atoms with Gasteiger partial charge in [-0.3, -0.25) is 9.59 Å². The molecule has 3 fully saturated rings. The van der Waals surface area contributed by atoms with Crippen molar-refractivity contribution >= 4 is 11.8 Å². The van der Waals surface area contributed by atoms with Crippen molar-refractivity contribution in [1.82, 2.24) is 10.6 Å². The van der Waals surface area contributed by atoms with E-state index >= 15 is 0 Å². The van der Waals surface area contributed by atoms with Gasteiger partial charge in [0.1, 0.15) is 5.75 Å². The Hall–Kier alpha value is -2.08. The van der Waals surface area contributed by atoms with Crippen molar-refractivity contribution in [3.63, 3.8) is 0 Å². The van der Waals surface area contributed by atoms with E-state index in [2.05, 4.69) is 10.6 Å². The lowest BCUT2D eigenvalue weighted by Gasteiger charge is -2.55. The van der Waals surface area contributed by atoms with Gasteiger partial charge in [0, 0.05) is 38.0 Å². The van der Waals surface area contributed by atoms with E-state index in [-0.39, 0.29) is 29.6 Å².